The number of rotatable bonds is 7. The molecule has 1 heterocycles. The van der Waals surface area contributed by atoms with E-state index in [2.05, 4.69) is 12.2 Å². The van der Waals surface area contributed by atoms with E-state index in [1.165, 1.54) is 0 Å². The highest BCUT2D eigenvalue weighted by molar-refractivity contribution is 5.85. The lowest BCUT2D eigenvalue weighted by Gasteiger charge is -2.32. The first-order valence-electron chi connectivity index (χ1n) is 8.35. The Hall–Kier alpha value is -1.26. The van der Waals surface area contributed by atoms with E-state index in [1.54, 1.807) is 7.11 Å². The first-order valence-corrected chi connectivity index (χ1v) is 8.35. The van der Waals surface area contributed by atoms with E-state index in [0.29, 0.717) is 6.42 Å². The molecule has 2 rings (SSSR count). The van der Waals surface area contributed by atoms with Gasteiger partial charge in [0.1, 0.15) is 5.75 Å². The number of nitrogens with zero attached hydrogens (tertiary/aromatic N) is 1. The number of amides is 1. The zero-order chi connectivity index (χ0) is 15.8. The third kappa shape index (κ3) is 6.04. The Balaban J connectivity index is 0.00000264. The van der Waals surface area contributed by atoms with Crippen LogP contribution in [0.1, 0.15) is 31.7 Å². The molecule has 1 amide bonds. The molecule has 1 aromatic carbocycles. The van der Waals surface area contributed by atoms with Gasteiger partial charge < -0.3 is 15.0 Å². The molecule has 1 aliphatic rings. The van der Waals surface area contributed by atoms with Crippen molar-refractivity contribution in [3.63, 3.8) is 0 Å². The Morgan fingerprint density at radius 2 is 2.00 bits per heavy atom. The minimum absolute atomic E-state index is 0. The molecule has 1 fully saturated rings. The van der Waals surface area contributed by atoms with Crippen LogP contribution < -0.4 is 10.1 Å². The van der Waals surface area contributed by atoms with Gasteiger partial charge in [0.05, 0.1) is 7.11 Å². The number of aryl methyl sites for hydroxylation is 1. The van der Waals surface area contributed by atoms with Crippen LogP contribution in [0.15, 0.2) is 24.3 Å². The van der Waals surface area contributed by atoms with E-state index in [9.17, 15) is 4.79 Å². The van der Waals surface area contributed by atoms with Crippen LogP contribution >= 0.6 is 12.4 Å². The first kappa shape index (κ1) is 19.8. The van der Waals surface area contributed by atoms with Gasteiger partial charge in [-0.05, 0) is 49.9 Å². The number of ether oxygens (including phenoxy) is 1. The van der Waals surface area contributed by atoms with Crippen molar-refractivity contribution in [1.82, 2.24) is 10.2 Å². The lowest BCUT2D eigenvalue weighted by Crippen LogP contribution is -2.40. The van der Waals surface area contributed by atoms with Crippen LogP contribution in [0, 0.1) is 5.92 Å². The van der Waals surface area contributed by atoms with Crippen molar-refractivity contribution >= 4 is 18.3 Å². The van der Waals surface area contributed by atoms with Gasteiger partial charge in [-0.1, -0.05) is 25.1 Å². The Bertz CT molecular complexity index is 474. The molecule has 23 heavy (non-hydrogen) atoms. The summed E-state index contributed by atoms with van der Waals surface area (Å²) in [7, 11) is 1.68. The average molecular weight is 341 g/mol. The summed E-state index contributed by atoms with van der Waals surface area (Å²) in [5, 5.41) is 3.40. The smallest absolute Gasteiger partial charge is 0.222 e. The number of carbonyl (C=O) groups is 1. The fourth-order valence-electron chi connectivity index (χ4n) is 3.04. The van der Waals surface area contributed by atoms with Crippen molar-refractivity contribution in [1.29, 1.82) is 0 Å². The molecule has 5 heteroatoms. The summed E-state index contributed by atoms with van der Waals surface area (Å²) in [6, 6.07) is 7.94. The lowest BCUT2D eigenvalue weighted by atomic mass is 9.96. The number of likely N-dealkylation sites (tertiary alicyclic amines) is 1. The van der Waals surface area contributed by atoms with E-state index in [4.69, 9.17) is 4.74 Å². The van der Waals surface area contributed by atoms with Gasteiger partial charge in [0.15, 0.2) is 0 Å². The van der Waals surface area contributed by atoms with Crippen LogP contribution in [0.25, 0.3) is 0 Å². The summed E-state index contributed by atoms with van der Waals surface area (Å²) in [6.45, 7) is 6.05. The number of hydrogen-bond donors (Lipinski definition) is 1. The van der Waals surface area contributed by atoms with Crippen molar-refractivity contribution in [3.05, 3.63) is 29.8 Å². The van der Waals surface area contributed by atoms with Crippen molar-refractivity contribution in [2.75, 3.05) is 33.3 Å². The monoisotopic (exact) mass is 340 g/mol. The van der Waals surface area contributed by atoms with Crippen LogP contribution in [-0.4, -0.2) is 44.1 Å². The van der Waals surface area contributed by atoms with Crippen LogP contribution in [0.3, 0.4) is 0 Å². The summed E-state index contributed by atoms with van der Waals surface area (Å²) < 4.78 is 5.34. The third-order valence-electron chi connectivity index (χ3n) is 4.45. The summed E-state index contributed by atoms with van der Waals surface area (Å²) in [5.41, 5.74) is 1.11. The number of halogens is 1. The molecular formula is C18H29ClN2O2. The maximum Gasteiger partial charge on any atom is 0.222 e. The molecule has 0 saturated carbocycles. The highest BCUT2D eigenvalue weighted by Gasteiger charge is 2.22. The first-order chi connectivity index (χ1) is 10.7. The van der Waals surface area contributed by atoms with Gasteiger partial charge in [0, 0.05) is 19.5 Å². The van der Waals surface area contributed by atoms with Gasteiger partial charge in [-0.25, -0.2) is 0 Å². The lowest BCUT2D eigenvalue weighted by molar-refractivity contribution is -0.132. The molecular weight excluding hydrogens is 312 g/mol. The molecule has 0 aliphatic carbocycles. The zero-order valence-corrected chi connectivity index (χ0v) is 15.0. The quantitative estimate of drug-likeness (QED) is 0.829. The van der Waals surface area contributed by atoms with E-state index in [0.717, 1.165) is 62.7 Å². The molecule has 1 N–H and O–H groups in total. The molecule has 130 valence electrons. The molecule has 0 aromatic heterocycles. The largest absolute Gasteiger partial charge is 0.496 e. The number of para-hydroxylation sites is 1. The van der Waals surface area contributed by atoms with Crippen LogP contribution in [-0.2, 0) is 11.2 Å². The third-order valence-corrected chi connectivity index (χ3v) is 4.45. The van der Waals surface area contributed by atoms with Crippen LogP contribution in [0.4, 0.5) is 0 Å². The number of hydrogen-bond acceptors (Lipinski definition) is 3. The maximum atomic E-state index is 12.4. The second kappa shape index (κ2) is 10.5. The second-order valence-electron chi connectivity index (χ2n) is 5.94. The highest BCUT2D eigenvalue weighted by Crippen LogP contribution is 2.21. The second-order valence-corrected chi connectivity index (χ2v) is 5.94. The Morgan fingerprint density at radius 1 is 1.30 bits per heavy atom. The maximum absolute atomic E-state index is 12.4. The molecule has 4 nitrogen and oxygen atoms in total. The summed E-state index contributed by atoms with van der Waals surface area (Å²) in [5.74, 6) is 1.87. The van der Waals surface area contributed by atoms with E-state index in [-0.39, 0.29) is 18.3 Å². The summed E-state index contributed by atoms with van der Waals surface area (Å²) in [6.07, 6.45) is 3.55. The predicted octanol–water partition coefficient (Wildman–Crippen LogP) is 2.90. The molecule has 0 spiro atoms. The molecule has 0 unspecified atom stereocenters. The van der Waals surface area contributed by atoms with Crippen molar-refractivity contribution in [3.8, 4) is 5.75 Å². The number of piperidine rings is 1. The Labute approximate surface area is 146 Å². The predicted molar refractivity (Wildman–Crippen MR) is 96.4 cm³/mol. The minimum atomic E-state index is 0. The van der Waals surface area contributed by atoms with Crippen molar-refractivity contribution in [2.24, 2.45) is 5.92 Å². The topological polar surface area (TPSA) is 41.6 Å². The minimum Gasteiger partial charge on any atom is -0.496 e. The van der Waals surface area contributed by atoms with Gasteiger partial charge in [0.2, 0.25) is 5.91 Å². The van der Waals surface area contributed by atoms with Crippen LogP contribution in [0.2, 0.25) is 0 Å². The van der Waals surface area contributed by atoms with Gasteiger partial charge in [-0.15, -0.1) is 12.4 Å². The van der Waals surface area contributed by atoms with Crippen molar-refractivity contribution in [2.45, 2.75) is 32.6 Å². The Kier molecular flexibility index (Phi) is 9.03. The molecule has 0 bridgehead atoms. The summed E-state index contributed by atoms with van der Waals surface area (Å²) >= 11 is 0. The molecule has 0 atom stereocenters. The fourth-order valence-corrected chi connectivity index (χ4v) is 3.04. The highest BCUT2D eigenvalue weighted by atomic mass is 35.5. The molecule has 0 radical (unpaired) electrons. The Morgan fingerprint density at radius 3 is 2.65 bits per heavy atom. The number of benzene rings is 1. The normalized spacial score (nSPS) is 15.1. The number of methoxy groups -OCH3 is 1. The average Bonchev–Trinajstić information content (AvgIpc) is 2.58. The summed E-state index contributed by atoms with van der Waals surface area (Å²) in [4.78, 5) is 14.4. The van der Waals surface area contributed by atoms with E-state index in [1.807, 2.05) is 29.2 Å². The van der Waals surface area contributed by atoms with Crippen LogP contribution in [0.5, 0.6) is 5.75 Å². The SMILES string of the molecule is CCNCC1CCN(C(=O)CCc2ccccc2OC)CC1.Cl. The number of nitrogens with one attached hydrogen (secondary N) is 1. The molecule has 1 saturated heterocycles. The number of carbonyl (C=O) groups excluding carboxylic acids is 1. The van der Waals surface area contributed by atoms with E-state index >= 15 is 0 Å². The fraction of sp³-hybridized carbons (Fsp3) is 0.611. The van der Waals surface area contributed by atoms with Gasteiger partial charge in [-0.2, -0.15) is 0 Å². The molecule has 1 aliphatic heterocycles. The zero-order valence-electron chi connectivity index (χ0n) is 14.2. The van der Waals surface area contributed by atoms with Gasteiger partial charge in [0.25, 0.3) is 0 Å². The van der Waals surface area contributed by atoms with E-state index < -0.39 is 0 Å². The van der Waals surface area contributed by atoms with Crippen molar-refractivity contribution < 1.29 is 9.53 Å². The van der Waals surface area contributed by atoms with Gasteiger partial charge >= 0.3 is 0 Å². The van der Waals surface area contributed by atoms with Gasteiger partial charge in [-0.3, -0.25) is 4.79 Å². The molecule has 1 aromatic rings. The standard InChI is InChI=1S/C18H28N2O2.ClH/c1-3-19-14-15-10-12-20(13-11-15)18(21)9-8-16-6-4-5-7-17(16)22-2;/h4-7,15,19H,3,8-14H2,1-2H3;1H.